The summed E-state index contributed by atoms with van der Waals surface area (Å²) >= 11 is 0. The van der Waals surface area contributed by atoms with Gasteiger partial charge < -0.3 is 30.6 Å². The first-order chi connectivity index (χ1) is 16.6. The second-order valence-electron chi connectivity index (χ2n) is 7.82. The van der Waals surface area contributed by atoms with Crippen molar-refractivity contribution < 1.29 is 13.9 Å². The largest absolute Gasteiger partial charge is 0.434 e. The van der Waals surface area contributed by atoms with E-state index in [1.54, 1.807) is 18.3 Å². The van der Waals surface area contributed by atoms with Gasteiger partial charge in [0.25, 0.3) is 0 Å². The molecule has 34 heavy (non-hydrogen) atoms. The normalized spacial score (nSPS) is 13.6. The number of carbonyl (C=O) groups is 1. The average molecular weight is 462 g/mol. The Morgan fingerprint density at radius 2 is 2.00 bits per heavy atom. The molecule has 10 nitrogen and oxygen atoms in total. The molecule has 0 saturated carbocycles. The molecule has 1 amide bonds. The van der Waals surface area contributed by atoms with Crippen LogP contribution in [0.15, 0.2) is 42.9 Å². The third kappa shape index (κ3) is 4.33. The quantitative estimate of drug-likeness (QED) is 0.309. The number of aryl methyl sites for hydroxylation is 1. The number of aromatic nitrogens is 4. The van der Waals surface area contributed by atoms with Gasteiger partial charge in [-0.1, -0.05) is 0 Å². The molecule has 0 unspecified atom stereocenters. The summed E-state index contributed by atoms with van der Waals surface area (Å²) in [7, 11) is 0. The van der Waals surface area contributed by atoms with Crippen LogP contribution in [0.1, 0.15) is 5.69 Å². The molecule has 0 spiro atoms. The number of piperazine rings is 1. The second-order valence-corrected chi connectivity index (χ2v) is 7.82. The maximum atomic E-state index is 15.0. The fourth-order valence-corrected chi connectivity index (χ4v) is 3.89. The molecule has 0 aliphatic carbocycles. The molecule has 1 aliphatic rings. The Labute approximate surface area is 194 Å². The molecule has 1 saturated heterocycles. The van der Waals surface area contributed by atoms with Gasteiger partial charge in [0.1, 0.15) is 17.8 Å². The number of hydrogen-bond donors (Lipinski definition) is 4. The van der Waals surface area contributed by atoms with Crippen LogP contribution in [0, 0.1) is 12.7 Å². The maximum Gasteiger partial charge on any atom is 0.248 e. The van der Waals surface area contributed by atoms with Crippen molar-refractivity contribution in [2.45, 2.75) is 6.92 Å². The lowest BCUT2D eigenvalue weighted by Crippen LogP contribution is -2.43. The van der Waals surface area contributed by atoms with Crippen LogP contribution in [0.2, 0.25) is 0 Å². The number of ether oxygens (including phenoxy) is 1. The summed E-state index contributed by atoms with van der Waals surface area (Å²) in [6, 6.07) is 8.72. The Kier molecular flexibility index (Phi) is 5.91. The predicted molar refractivity (Wildman–Crippen MR) is 127 cm³/mol. The molecule has 4 aromatic rings. The topological polar surface area (TPSA) is 120 Å². The lowest BCUT2D eigenvalue weighted by Gasteiger charge is -2.29. The Morgan fingerprint density at radius 3 is 2.76 bits per heavy atom. The van der Waals surface area contributed by atoms with E-state index in [0.717, 1.165) is 37.6 Å². The number of aromatic amines is 1. The molecule has 1 fully saturated rings. The van der Waals surface area contributed by atoms with Crippen molar-refractivity contribution in [3.63, 3.8) is 0 Å². The number of halogens is 1. The fourth-order valence-electron chi connectivity index (χ4n) is 3.89. The third-order valence-corrected chi connectivity index (χ3v) is 5.54. The predicted octanol–water partition coefficient (Wildman–Crippen LogP) is 3.31. The Bertz CT molecular complexity index is 1320. The van der Waals surface area contributed by atoms with Gasteiger partial charge in [0.15, 0.2) is 17.4 Å². The van der Waals surface area contributed by atoms with Crippen LogP contribution in [-0.2, 0) is 4.79 Å². The number of hydrogen-bond acceptors (Lipinski definition) is 8. The van der Waals surface area contributed by atoms with E-state index in [1.807, 2.05) is 19.1 Å². The lowest BCUT2D eigenvalue weighted by atomic mass is 10.2. The van der Waals surface area contributed by atoms with E-state index >= 15 is 4.39 Å². The number of carbonyl (C=O) groups excluding carboxylic acids is 1. The number of pyridine rings is 1. The van der Waals surface area contributed by atoms with Gasteiger partial charge in [-0.15, -0.1) is 0 Å². The van der Waals surface area contributed by atoms with Crippen molar-refractivity contribution in [1.29, 1.82) is 0 Å². The molecular formula is C23H23FN8O2. The highest BCUT2D eigenvalue weighted by Crippen LogP contribution is 2.36. The van der Waals surface area contributed by atoms with Crippen molar-refractivity contribution in [3.8, 4) is 11.6 Å². The van der Waals surface area contributed by atoms with Crippen LogP contribution in [0.3, 0.4) is 0 Å². The zero-order valence-corrected chi connectivity index (χ0v) is 18.4. The molecule has 4 heterocycles. The van der Waals surface area contributed by atoms with Gasteiger partial charge in [-0.05, 0) is 37.3 Å². The van der Waals surface area contributed by atoms with Gasteiger partial charge in [0.2, 0.25) is 12.3 Å². The number of nitrogens with zero attached hydrogens (tertiary/aromatic N) is 4. The summed E-state index contributed by atoms with van der Waals surface area (Å²) in [5.74, 6) is 0.222. The maximum absolute atomic E-state index is 15.0. The average Bonchev–Trinajstić information content (AvgIpc) is 3.25. The van der Waals surface area contributed by atoms with E-state index in [4.69, 9.17) is 4.74 Å². The summed E-state index contributed by atoms with van der Waals surface area (Å²) < 4.78 is 20.8. The third-order valence-electron chi connectivity index (χ3n) is 5.54. The van der Waals surface area contributed by atoms with Gasteiger partial charge in [-0.3, -0.25) is 4.79 Å². The minimum Gasteiger partial charge on any atom is -0.434 e. The molecule has 174 valence electrons. The molecule has 0 radical (unpaired) electrons. The van der Waals surface area contributed by atoms with Crippen LogP contribution in [0.5, 0.6) is 11.6 Å². The minimum atomic E-state index is -0.530. The van der Waals surface area contributed by atoms with Gasteiger partial charge in [0, 0.05) is 42.8 Å². The number of fused-ring (bicyclic) bond motifs is 1. The number of benzene rings is 1. The summed E-state index contributed by atoms with van der Waals surface area (Å²) in [4.78, 5) is 29.4. The zero-order chi connectivity index (χ0) is 23.5. The smallest absolute Gasteiger partial charge is 0.248 e. The van der Waals surface area contributed by atoms with Crippen molar-refractivity contribution in [1.82, 2.24) is 25.3 Å². The van der Waals surface area contributed by atoms with Crippen molar-refractivity contribution in [2.24, 2.45) is 0 Å². The second kappa shape index (κ2) is 9.32. The summed E-state index contributed by atoms with van der Waals surface area (Å²) in [6.07, 6.45) is 3.52. The molecule has 0 atom stereocenters. The zero-order valence-electron chi connectivity index (χ0n) is 18.4. The van der Waals surface area contributed by atoms with Gasteiger partial charge in [-0.25, -0.2) is 14.4 Å². The molecular weight excluding hydrogens is 439 g/mol. The summed E-state index contributed by atoms with van der Waals surface area (Å²) in [5.41, 5.74) is 2.68. The van der Waals surface area contributed by atoms with Gasteiger partial charge in [-0.2, -0.15) is 4.98 Å². The van der Waals surface area contributed by atoms with E-state index in [1.165, 1.54) is 12.4 Å². The first kappa shape index (κ1) is 21.6. The van der Waals surface area contributed by atoms with Gasteiger partial charge >= 0.3 is 0 Å². The SMILES string of the molecule is Cc1cc2c(F)c(Oc3ncnc(Nc4ccc(N5CCNCC5)cn4)c3NC=O)ccc2[nH]1. The highest BCUT2D eigenvalue weighted by atomic mass is 19.1. The van der Waals surface area contributed by atoms with Crippen LogP contribution >= 0.6 is 0 Å². The first-order valence-corrected chi connectivity index (χ1v) is 10.8. The van der Waals surface area contributed by atoms with Crippen molar-refractivity contribution >= 4 is 40.3 Å². The van der Waals surface area contributed by atoms with E-state index in [2.05, 4.69) is 40.8 Å². The molecule has 3 aromatic heterocycles. The van der Waals surface area contributed by atoms with Crippen LogP contribution in [-0.4, -0.2) is 52.5 Å². The summed E-state index contributed by atoms with van der Waals surface area (Å²) in [5, 5.41) is 9.34. The molecule has 11 heteroatoms. The summed E-state index contributed by atoms with van der Waals surface area (Å²) in [6.45, 7) is 5.54. The number of amides is 1. The fraction of sp³-hybridized carbons (Fsp3) is 0.217. The number of nitrogens with one attached hydrogen (secondary N) is 4. The first-order valence-electron chi connectivity index (χ1n) is 10.8. The standard InChI is InChI=1S/C23H23FN8O2/c1-14-10-16-17(30-14)3-4-18(20(16)24)34-23-21(29-13-33)22(27-12-28-23)31-19-5-2-15(11-26-19)32-8-6-25-7-9-32/h2-5,10-13,25,30H,6-9H2,1H3,(H,29,33)(H,26,27,28,31). The molecule has 5 rings (SSSR count). The molecule has 1 aliphatic heterocycles. The van der Waals surface area contributed by atoms with E-state index < -0.39 is 5.82 Å². The molecule has 0 bridgehead atoms. The van der Waals surface area contributed by atoms with E-state index in [-0.39, 0.29) is 23.1 Å². The van der Waals surface area contributed by atoms with Crippen LogP contribution < -0.4 is 25.6 Å². The van der Waals surface area contributed by atoms with E-state index in [0.29, 0.717) is 23.1 Å². The number of H-pyrrole nitrogens is 1. The lowest BCUT2D eigenvalue weighted by molar-refractivity contribution is -0.105. The van der Waals surface area contributed by atoms with Crippen molar-refractivity contribution in [3.05, 3.63) is 54.4 Å². The number of anilines is 4. The molecule has 1 aromatic carbocycles. The molecule has 4 N–H and O–H groups in total. The Hall–Kier alpha value is -4.25. The Morgan fingerprint density at radius 1 is 1.15 bits per heavy atom. The minimum absolute atomic E-state index is 0.00690. The van der Waals surface area contributed by atoms with Crippen molar-refractivity contribution in [2.75, 3.05) is 41.7 Å². The Balaban J connectivity index is 1.41. The van der Waals surface area contributed by atoms with E-state index in [9.17, 15) is 4.79 Å². The van der Waals surface area contributed by atoms with Crippen LogP contribution in [0.4, 0.5) is 27.4 Å². The van der Waals surface area contributed by atoms with Crippen LogP contribution in [0.25, 0.3) is 10.9 Å². The monoisotopic (exact) mass is 462 g/mol. The highest BCUT2D eigenvalue weighted by molar-refractivity contribution is 5.85. The highest BCUT2D eigenvalue weighted by Gasteiger charge is 2.18. The number of rotatable bonds is 7. The van der Waals surface area contributed by atoms with Gasteiger partial charge in [0.05, 0.1) is 11.9 Å².